The molecule has 35 heavy (non-hydrogen) atoms. The van der Waals surface area contributed by atoms with E-state index in [9.17, 15) is 18.4 Å². The first-order valence-corrected chi connectivity index (χ1v) is 11.1. The third kappa shape index (κ3) is 5.97. The second kappa shape index (κ2) is 10.7. The highest BCUT2D eigenvalue weighted by Crippen LogP contribution is 2.27. The predicted molar refractivity (Wildman–Crippen MR) is 128 cm³/mol. The zero-order chi connectivity index (χ0) is 24.8. The van der Waals surface area contributed by atoms with Crippen molar-refractivity contribution < 1.29 is 22.8 Å². The number of rotatable bonds is 8. The normalized spacial score (nSPS) is 11.6. The summed E-state index contributed by atoms with van der Waals surface area (Å²) >= 11 is 0. The summed E-state index contributed by atoms with van der Waals surface area (Å²) < 4.78 is 33.3. The molecule has 178 valence electrons. The van der Waals surface area contributed by atoms with Crippen LogP contribution in [0.5, 0.6) is 0 Å². The highest BCUT2D eigenvalue weighted by Gasteiger charge is 2.17. The lowest BCUT2D eigenvalue weighted by Gasteiger charge is -2.15. The predicted octanol–water partition coefficient (Wildman–Crippen LogP) is 5.68. The number of nitrogens with one attached hydrogen (secondary N) is 2. The molecule has 4 aromatic rings. The second-order valence-corrected chi connectivity index (χ2v) is 7.95. The van der Waals surface area contributed by atoms with Crippen LogP contribution in [0.4, 0.5) is 14.5 Å². The Hall–Kier alpha value is -4.33. The van der Waals surface area contributed by atoms with Crippen LogP contribution in [0.2, 0.25) is 0 Å². The Morgan fingerprint density at radius 2 is 1.69 bits per heavy atom. The number of oxazole rings is 1. The lowest BCUT2D eigenvalue weighted by Crippen LogP contribution is -2.27. The van der Waals surface area contributed by atoms with Crippen LogP contribution < -0.4 is 10.6 Å². The number of aryl methyl sites for hydroxylation is 1. The van der Waals surface area contributed by atoms with Crippen LogP contribution in [-0.2, 0) is 11.2 Å². The second-order valence-electron chi connectivity index (χ2n) is 7.95. The van der Waals surface area contributed by atoms with Crippen LogP contribution in [0.25, 0.3) is 11.3 Å². The Balaban J connectivity index is 1.32. The Morgan fingerprint density at radius 3 is 2.43 bits per heavy atom. The lowest BCUT2D eigenvalue weighted by atomic mass is 10.1. The summed E-state index contributed by atoms with van der Waals surface area (Å²) in [6.45, 7) is 1.83. The van der Waals surface area contributed by atoms with Gasteiger partial charge in [-0.2, -0.15) is 0 Å². The van der Waals surface area contributed by atoms with Crippen molar-refractivity contribution in [3.05, 3.63) is 108 Å². The van der Waals surface area contributed by atoms with Gasteiger partial charge in [0.2, 0.25) is 5.91 Å². The summed E-state index contributed by atoms with van der Waals surface area (Å²) in [6.07, 6.45) is 1.49. The molecule has 0 bridgehead atoms. The Morgan fingerprint density at radius 1 is 0.971 bits per heavy atom. The maximum atomic E-state index is 13.9. The van der Waals surface area contributed by atoms with Crippen molar-refractivity contribution in [2.75, 3.05) is 5.32 Å². The molecule has 2 amide bonds. The van der Waals surface area contributed by atoms with Gasteiger partial charge in [0.1, 0.15) is 11.6 Å². The first kappa shape index (κ1) is 23.8. The zero-order valence-corrected chi connectivity index (χ0v) is 18.9. The largest absolute Gasteiger partial charge is 0.441 e. The molecule has 0 aliphatic heterocycles. The molecule has 0 saturated carbocycles. The zero-order valence-electron chi connectivity index (χ0n) is 18.9. The number of nitrogens with zero attached hydrogens (tertiary/aromatic N) is 1. The van der Waals surface area contributed by atoms with Gasteiger partial charge in [0, 0.05) is 24.1 Å². The third-order valence-electron chi connectivity index (χ3n) is 5.39. The summed E-state index contributed by atoms with van der Waals surface area (Å²) in [5.74, 6) is -1.79. The van der Waals surface area contributed by atoms with Crippen LogP contribution in [0.15, 0.2) is 83.4 Å². The van der Waals surface area contributed by atoms with Gasteiger partial charge in [-0.05, 0) is 48.9 Å². The maximum Gasteiger partial charge on any atom is 0.255 e. The average molecular weight is 475 g/mol. The van der Waals surface area contributed by atoms with Crippen LogP contribution in [0, 0.1) is 11.6 Å². The highest BCUT2D eigenvalue weighted by molar-refractivity contribution is 6.04. The van der Waals surface area contributed by atoms with E-state index < -0.39 is 11.6 Å². The fourth-order valence-electron chi connectivity index (χ4n) is 3.57. The van der Waals surface area contributed by atoms with Gasteiger partial charge in [0.05, 0.1) is 17.8 Å². The Bertz CT molecular complexity index is 1320. The van der Waals surface area contributed by atoms with Crippen molar-refractivity contribution in [3.63, 3.8) is 0 Å². The average Bonchev–Trinajstić information content (AvgIpc) is 3.32. The Labute approximate surface area is 201 Å². The van der Waals surface area contributed by atoms with E-state index in [1.807, 2.05) is 19.1 Å². The van der Waals surface area contributed by atoms with Crippen molar-refractivity contribution in [2.24, 2.45) is 0 Å². The molecule has 4 rings (SSSR count). The molecule has 0 saturated heterocycles. The van der Waals surface area contributed by atoms with E-state index in [2.05, 4.69) is 15.6 Å². The molecule has 6 nitrogen and oxygen atoms in total. The van der Waals surface area contributed by atoms with Gasteiger partial charge in [-0.1, -0.05) is 36.4 Å². The smallest absolute Gasteiger partial charge is 0.255 e. The molecule has 1 aromatic heterocycles. The number of carbonyl (C=O) groups excluding carboxylic acids is 2. The van der Waals surface area contributed by atoms with Gasteiger partial charge in [0.25, 0.3) is 5.91 Å². The molecule has 3 aromatic carbocycles. The van der Waals surface area contributed by atoms with E-state index in [4.69, 9.17) is 4.42 Å². The number of hydrogen-bond acceptors (Lipinski definition) is 4. The number of benzene rings is 3. The van der Waals surface area contributed by atoms with Crippen molar-refractivity contribution in [2.45, 2.75) is 25.8 Å². The van der Waals surface area contributed by atoms with Crippen LogP contribution in [0.1, 0.15) is 41.2 Å². The standard InChI is InChI=1S/C27H23F2N3O3/c1-17(19-9-5-10-20(15-19)32-27(34)18-7-3-2-4-8-18)31-24(33)13-14-25-30-16-23(35-25)26-21(28)11-6-12-22(26)29/h2-12,15-17H,13-14H2,1H3,(H,31,33)(H,32,34). The fourth-order valence-corrected chi connectivity index (χ4v) is 3.57. The molecular weight excluding hydrogens is 452 g/mol. The van der Waals surface area contributed by atoms with Gasteiger partial charge in [0.15, 0.2) is 11.7 Å². The maximum absolute atomic E-state index is 13.9. The molecule has 0 aliphatic carbocycles. The van der Waals surface area contributed by atoms with E-state index in [0.29, 0.717) is 11.3 Å². The first-order valence-electron chi connectivity index (χ1n) is 11.1. The lowest BCUT2D eigenvalue weighted by molar-refractivity contribution is -0.121. The van der Waals surface area contributed by atoms with E-state index >= 15 is 0 Å². The number of anilines is 1. The number of hydrogen-bond donors (Lipinski definition) is 2. The van der Waals surface area contributed by atoms with Crippen molar-refractivity contribution in [1.29, 1.82) is 0 Å². The minimum Gasteiger partial charge on any atom is -0.441 e. The highest BCUT2D eigenvalue weighted by atomic mass is 19.1. The van der Waals surface area contributed by atoms with E-state index in [1.54, 1.807) is 42.5 Å². The van der Waals surface area contributed by atoms with Gasteiger partial charge < -0.3 is 15.1 Å². The van der Waals surface area contributed by atoms with Crippen LogP contribution in [-0.4, -0.2) is 16.8 Å². The summed E-state index contributed by atoms with van der Waals surface area (Å²) in [5.41, 5.74) is 1.69. The third-order valence-corrected chi connectivity index (χ3v) is 5.39. The van der Waals surface area contributed by atoms with Gasteiger partial charge in [-0.15, -0.1) is 0 Å². The van der Waals surface area contributed by atoms with Crippen molar-refractivity contribution in [1.82, 2.24) is 10.3 Å². The van der Waals surface area contributed by atoms with E-state index in [1.165, 1.54) is 12.3 Å². The van der Waals surface area contributed by atoms with Crippen molar-refractivity contribution >= 4 is 17.5 Å². The molecule has 0 fully saturated rings. The molecule has 1 heterocycles. The van der Waals surface area contributed by atoms with Gasteiger partial charge >= 0.3 is 0 Å². The SMILES string of the molecule is CC(NC(=O)CCc1ncc(-c2c(F)cccc2F)o1)c1cccc(NC(=O)c2ccccc2)c1. The molecule has 0 radical (unpaired) electrons. The Kier molecular flexibility index (Phi) is 7.30. The molecule has 1 atom stereocenters. The number of aromatic nitrogens is 1. The van der Waals surface area contributed by atoms with Crippen molar-refractivity contribution in [3.8, 4) is 11.3 Å². The minimum absolute atomic E-state index is 0.0289. The van der Waals surface area contributed by atoms with E-state index in [-0.39, 0.29) is 47.9 Å². The monoisotopic (exact) mass is 475 g/mol. The number of halogens is 2. The molecule has 1 unspecified atom stereocenters. The molecule has 0 spiro atoms. The summed E-state index contributed by atoms with van der Waals surface area (Å²) in [7, 11) is 0. The summed E-state index contributed by atoms with van der Waals surface area (Å²) in [5, 5.41) is 5.75. The molecule has 0 aliphatic rings. The molecule has 8 heteroatoms. The summed E-state index contributed by atoms with van der Waals surface area (Å²) in [6, 6.07) is 19.3. The topological polar surface area (TPSA) is 84.2 Å². The van der Waals surface area contributed by atoms with Crippen LogP contribution >= 0.6 is 0 Å². The fraction of sp³-hybridized carbons (Fsp3) is 0.148. The molecule has 2 N–H and O–H groups in total. The quantitative estimate of drug-likeness (QED) is 0.343. The van der Waals surface area contributed by atoms with Crippen LogP contribution in [0.3, 0.4) is 0 Å². The number of carbonyl (C=O) groups is 2. The summed E-state index contributed by atoms with van der Waals surface area (Å²) in [4.78, 5) is 28.9. The van der Waals surface area contributed by atoms with Gasteiger partial charge in [-0.3, -0.25) is 9.59 Å². The van der Waals surface area contributed by atoms with E-state index in [0.717, 1.165) is 17.7 Å². The number of amides is 2. The minimum atomic E-state index is -0.749. The molecular formula is C27H23F2N3O3. The van der Waals surface area contributed by atoms with Gasteiger partial charge in [-0.25, -0.2) is 13.8 Å². The first-order chi connectivity index (χ1) is 16.9.